The third kappa shape index (κ3) is 4.12. The van der Waals surface area contributed by atoms with E-state index in [0.717, 1.165) is 28.5 Å². The van der Waals surface area contributed by atoms with E-state index in [9.17, 15) is 9.59 Å². The molecule has 1 aliphatic heterocycles. The second-order valence-electron chi connectivity index (χ2n) is 7.16. The lowest BCUT2D eigenvalue weighted by molar-refractivity contribution is 0.103. The van der Waals surface area contributed by atoms with Crippen LogP contribution in [0.3, 0.4) is 0 Å². The number of aromatic nitrogens is 2. The predicted molar refractivity (Wildman–Crippen MR) is 114 cm³/mol. The van der Waals surface area contributed by atoms with Crippen molar-refractivity contribution >= 4 is 17.5 Å². The number of hydrogen-bond donors (Lipinski definition) is 0. The molecule has 1 aliphatic rings. The molecular formula is C23H22N2O3S. The fourth-order valence-corrected chi connectivity index (χ4v) is 4.16. The summed E-state index contributed by atoms with van der Waals surface area (Å²) in [6, 6.07) is 14.9. The molecule has 0 bridgehead atoms. The first kappa shape index (κ1) is 19.5. The summed E-state index contributed by atoms with van der Waals surface area (Å²) in [5.41, 5.74) is 3.84. The molecule has 2 aromatic carbocycles. The smallest absolute Gasteiger partial charge is 0.260 e. The maximum absolute atomic E-state index is 12.6. The van der Waals surface area contributed by atoms with Crippen LogP contribution in [0.1, 0.15) is 39.0 Å². The molecule has 0 saturated carbocycles. The molecule has 0 fully saturated rings. The molecule has 0 radical (unpaired) electrons. The van der Waals surface area contributed by atoms with Gasteiger partial charge in [-0.25, -0.2) is 0 Å². The molecular weight excluding hydrogens is 384 g/mol. The number of ketones is 1. The molecule has 148 valence electrons. The van der Waals surface area contributed by atoms with Crippen LogP contribution >= 0.6 is 11.8 Å². The first-order valence-corrected chi connectivity index (χ1v) is 10.6. The largest absolute Gasteiger partial charge is 0.472 e. The maximum atomic E-state index is 12.6. The third-order valence-corrected chi connectivity index (χ3v) is 6.04. The summed E-state index contributed by atoms with van der Waals surface area (Å²) in [4.78, 5) is 29.6. The van der Waals surface area contributed by atoms with E-state index < -0.39 is 0 Å². The van der Waals surface area contributed by atoms with Gasteiger partial charge in [0.05, 0.1) is 5.56 Å². The van der Waals surface area contributed by atoms with E-state index in [1.54, 1.807) is 35.4 Å². The number of ether oxygens (including phenoxy) is 1. The standard InChI is InChI=1S/C23H22N2O3S/c1-15-4-8-18(9-5-15)20(26)19-10-6-17(7-11-19)14-28-21-16(2)22(27)25-12-3-13-29-23(25)24-21/h4-11H,3,12-14H2,1-2H3. The van der Waals surface area contributed by atoms with Crippen molar-refractivity contribution < 1.29 is 9.53 Å². The number of thioether (sulfide) groups is 1. The van der Waals surface area contributed by atoms with Crippen LogP contribution in [0.15, 0.2) is 58.5 Å². The number of aryl methyl sites for hydroxylation is 1. The Kier molecular flexibility index (Phi) is 5.53. The Hall–Kier alpha value is -2.86. The molecule has 0 atom stereocenters. The zero-order valence-electron chi connectivity index (χ0n) is 16.5. The highest BCUT2D eigenvalue weighted by molar-refractivity contribution is 7.99. The number of benzene rings is 2. The Morgan fingerprint density at radius 2 is 1.72 bits per heavy atom. The molecule has 4 rings (SSSR count). The first-order chi connectivity index (χ1) is 14.0. The van der Waals surface area contributed by atoms with Crippen LogP contribution in [0.25, 0.3) is 0 Å². The second kappa shape index (κ2) is 8.25. The molecule has 29 heavy (non-hydrogen) atoms. The highest BCUT2D eigenvalue weighted by atomic mass is 32.2. The van der Waals surface area contributed by atoms with Gasteiger partial charge >= 0.3 is 0 Å². The number of carbonyl (C=O) groups is 1. The summed E-state index contributed by atoms with van der Waals surface area (Å²) >= 11 is 1.59. The van der Waals surface area contributed by atoms with E-state index >= 15 is 0 Å². The minimum absolute atomic E-state index is 0.00490. The van der Waals surface area contributed by atoms with Crippen LogP contribution in [-0.2, 0) is 13.2 Å². The molecule has 0 unspecified atom stereocenters. The molecule has 0 saturated heterocycles. The lowest BCUT2D eigenvalue weighted by Gasteiger charge is -2.18. The van der Waals surface area contributed by atoms with Gasteiger partial charge in [0.15, 0.2) is 10.9 Å². The van der Waals surface area contributed by atoms with Crippen LogP contribution < -0.4 is 10.3 Å². The zero-order chi connectivity index (χ0) is 20.4. The van der Waals surface area contributed by atoms with E-state index in [0.29, 0.717) is 35.7 Å². The number of carbonyl (C=O) groups excluding carboxylic acids is 1. The van der Waals surface area contributed by atoms with Gasteiger partial charge in [-0.2, -0.15) is 4.98 Å². The molecule has 2 heterocycles. The van der Waals surface area contributed by atoms with Gasteiger partial charge in [-0.05, 0) is 25.8 Å². The van der Waals surface area contributed by atoms with Crippen molar-refractivity contribution in [1.82, 2.24) is 9.55 Å². The van der Waals surface area contributed by atoms with Crippen LogP contribution in [-0.4, -0.2) is 21.1 Å². The lowest BCUT2D eigenvalue weighted by atomic mass is 10.0. The monoisotopic (exact) mass is 406 g/mol. The molecule has 3 aromatic rings. The normalized spacial score (nSPS) is 13.0. The van der Waals surface area contributed by atoms with Crippen LogP contribution in [0, 0.1) is 13.8 Å². The molecule has 0 aliphatic carbocycles. The average molecular weight is 407 g/mol. The van der Waals surface area contributed by atoms with Crippen molar-refractivity contribution in [3.8, 4) is 5.88 Å². The van der Waals surface area contributed by atoms with Crippen molar-refractivity contribution in [2.75, 3.05) is 5.75 Å². The van der Waals surface area contributed by atoms with Gasteiger partial charge < -0.3 is 4.74 Å². The van der Waals surface area contributed by atoms with Gasteiger partial charge in [-0.3, -0.25) is 14.2 Å². The van der Waals surface area contributed by atoms with Gasteiger partial charge in [-0.1, -0.05) is 65.9 Å². The minimum Gasteiger partial charge on any atom is -0.472 e. The number of nitrogens with zero attached hydrogens (tertiary/aromatic N) is 2. The van der Waals surface area contributed by atoms with E-state index in [4.69, 9.17) is 4.74 Å². The first-order valence-electron chi connectivity index (χ1n) is 9.60. The molecule has 0 N–H and O–H groups in total. The van der Waals surface area contributed by atoms with Gasteiger partial charge in [0.2, 0.25) is 5.88 Å². The van der Waals surface area contributed by atoms with Crippen LogP contribution in [0.2, 0.25) is 0 Å². The Morgan fingerprint density at radius 1 is 1.07 bits per heavy atom. The predicted octanol–water partition coefficient (Wildman–Crippen LogP) is 4.17. The average Bonchev–Trinajstić information content (AvgIpc) is 2.76. The topological polar surface area (TPSA) is 61.2 Å². The third-order valence-electron chi connectivity index (χ3n) is 4.98. The Morgan fingerprint density at radius 3 is 2.41 bits per heavy atom. The van der Waals surface area contributed by atoms with Crippen molar-refractivity contribution in [2.24, 2.45) is 0 Å². The van der Waals surface area contributed by atoms with E-state index in [-0.39, 0.29) is 11.3 Å². The maximum Gasteiger partial charge on any atom is 0.260 e. The van der Waals surface area contributed by atoms with Crippen LogP contribution in [0.4, 0.5) is 0 Å². The Bertz CT molecular complexity index is 1100. The van der Waals surface area contributed by atoms with Crippen molar-refractivity contribution in [1.29, 1.82) is 0 Å². The van der Waals surface area contributed by atoms with Gasteiger partial charge in [0.25, 0.3) is 5.56 Å². The van der Waals surface area contributed by atoms with Gasteiger partial charge in [-0.15, -0.1) is 0 Å². The summed E-state index contributed by atoms with van der Waals surface area (Å²) < 4.78 is 7.57. The van der Waals surface area contributed by atoms with Gasteiger partial charge in [0, 0.05) is 23.4 Å². The fourth-order valence-electron chi connectivity index (χ4n) is 3.22. The van der Waals surface area contributed by atoms with Crippen molar-refractivity contribution in [3.63, 3.8) is 0 Å². The zero-order valence-corrected chi connectivity index (χ0v) is 17.3. The molecule has 1 aromatic heterocycles. The van der Waals surface area contributed by atoms with Gasteiger partial charge in [0.1, 0.15) is 6.61 Å². The van der Waals surface area contributed by atoms with E-state index in [2.05, 4.69) is 4.98 Å². The second-order valence-corrected chi connectivity index (χ2v) is 8.23. The Labute approximate surface area is 173 Å². The van der Waals surface area contributed by atoms with E-state index in [1.807, 2.05) is 43.3 Å². The fraction of sp³-hybridized carbons (Fsp3) is 0.261. The highest BCUT2D eigenvalue weighted by Crippen LogP contribution is 2.25. The summed E-state index contributed by atoms with van der Waals surface area (Å²) in [5.74, 6) is 1.34. The molecule has 5 nitrogen and oxygen atoms in total. The minimum atomic E-state index is -0.0313. The van der Waals surface area contributed by atoms with E-state index in [1.165, 1.54) is 0 Å². The summed E-state index contributed by atoms with van der Waals surface area (Å²) in [7, 11) is 0. The van der Waals surface area contributed by atoms with Crippen molar-refractivity contribution in [2.45, 2.75) is 38.6 Å². The number of fused-ring (bicyclic) bond motifs is 1. The molecule has 0 amide bonds. The molecule has 6 heteroatoms. The molecule has 0 spiro atoms. The SMILES string of the molecule is Cc1ccc(C(=O)c2ccc(COc3nc4n(c(=O)c3C)CCCS4)cc2)cc1. The summed E-state index contributed by atoms with van der Waals surface area (Å²) in [5, 5.41) is 0.723. The highest BCUT2D eigenvalue weighted by Gasteiger charge is 2.18. The van der Waals surface area contributed by atoms with Crippen molar-refractivity contribution in [3.05, 3.63) is 86.7 Å². The lowest BCUT2D eigenvalue weighted by Crippen LogP contribution is -2.28. The quantitative estimate of drug-likeness (QED) is 0.470. The number of hydrogen-bond acceptors (Lipinski definition) is 5. The number of rotatable bonds is 5. The Balaban J connectivity index is 1.47. The summed E-state index contributed by atoms with van der Waals surface area (Å²) in [6.07, 6.45) is 0.979. The van der Waals surface area contributed by atoms with Crippen LogP contribution in [0.5, 0.6) is 5.88 Å². The summed E-state index contributed by atoms with van der Waals surface area (Å²) in [6.45, 7) is 4.75.